The first-order valence-corrected chi connectivity index (χ1v) is 6.63. The maximum atomic E-state index is 2.26. The van der Waals surface area contributed by atoms with E-state index in [9.17, 15) is 0 Å². The lowest BCUT2D eigenvalue weighted by Crippen LogP contribution is -1.91. The average Bonchev–Trinajstić information content (AvgIpc) is 2.41. The summed E-state index contributed by atoms with van der Waals surface area (Å²) in [5.74, 6) is 0. The van der Waals surface area contributed by atoms with Gasteiger partial charge < -0.3 is 0 Å². The van der Waals surface area contributed by atoms with Crippen molar-refractivity contribution in [2.45, 2.75) is 26.7 Å². The van der Waals surface area contributed by atoms with E-state index in [1.807, 2.05) is 0 Å². The second-order valence-electron chi connectivity index (χ2n) is 4.65. The summed E-state index contributed by atoms with van der Waals surface area (Å²) in [5.41, 5.74) is 5.43. The molecule has 0 saturated carbocycles. The molecule has 0 N–H and O–H groups in total. The minimum atomic E-state index is 1.15. The summed E-state index contributed by atoms with van der Waals surface area (Å²) in [6, 6.07) is 19.2. The maximum absolute atomic E-state index is 2.26. The third-order valence-corrected chi connectivity index (χ3v) is 3.14. The molecular formula is C18H20. The van der Waals surface area contributed by atoms with Gasteiger partial charge in [-0.1, -0.05) is 74.0 Å². The Hall–Kier alpha value is -1.82. The van der Waals surface area contributed by atoms with Crippen LogP contribution in [0.3, 0.4) is 0 Å². The lowest BCUT2D eigenvalue weighted by Gasteiger charge is -2.09. The van der Waals surface area contributed by atoms with Crippen LogP contribution in [0.1, 0.15) is 37.0 Å². The minimum absolute atomic E-state index is 1.15. The number of hydrogen-bond donors (Lipinski definition) is 0. The summed E-state index contributed by atoms with van der Waals surface area (Å²) in [6.45, 7) is 4.43. The van der Waals surface area contributed by atoms with Crippen molar-refractivity contribution >= 4 is 11.6 Å². The van der Waals surface area contributed by atoms with Gasteiger partial charge in [-0.05, 0) is 35.6 Å². The van der Waals surface area contributed by atoms with Crippen LogP contribution >= 0.6 is 0 Å². The molecule has 0 radical (unpaired) electrons. The highest BCUT2D eigenvalue weighted by atomic mass is 14.1. The van der Waals surface area contributed by atoms with E-state index in [1.54, 1.807) is 0 Å². The molecular weight excluding hydrogens is 216 g/mol. The fourth-order valence-electron chi connectivity index (χ4n) is 2.27. The Balaban J connectivity index is 2.34. The van der Waals surface area contributed by atoms with Crippen molar-refractivity contribution < 1.29 is 0 Å². The van der Waals surface area contributed by atoms with Gasteiger partial charge in [-0.3, -0.25) is 0 Å². The molecule has 2 rings (SSSR count). The van der Waals surface area contributed by atoms with Crippen molar-refractivity contribution in [1.82, 2.24) is 0 Å². The van der Waals surface area contributed by atoms with Gasteiger partial charge in [-0.15, -0.1) is 0 Å². The van der Waals surface area contributed by atoms with E-state index in [4.69, 9.17) is 0 Å². The van der Waals surface area contributed by atoms with Crippen molar-refractivity contribution in [2.24, 2.45) is 0 Å². The van der Waals surface area contributed by atoms with Gasteiger partial charge >= 0.3 is 0 Å². The Kier molecular flexibility index (Phi) is 4.35. The third kappa shape index (κ3) is 3.10. The van der Waals surface area contributed by atoms with Gasteiger partial charge in [-0.25, -0.2) is 0 Å². The van der Waals surface area contributed by atoms with Crippen molar-refractivity contribution in [1.29, 1.82) is 0 Å². The zero-order valence-electron chi connectivity index (χ0n) is 11.2. The van der Waals surface area contributed by atoms with E-state index in [1.165, 1.54) is 28.7 Å². The van der Waals surface area contributed by atoms with Gasteiger partial charge in [0.1, 0.15) is 0 Å². The van der Waals surface area contributed by atoms with E-state index in [-0.39, 0.29) is 0 Å². The molecule has 2 aromatic rings. The summed E-state index contributed by atoms with van der Waals surface area (Å²) in [6.07, 6.45) is 4.60. The number of aryl methyl sites for hydroxylation is 1. The van der Waals surface area contributed by atoms with E-state index < -0.39 is 0 Å². The molecule has 0 aliphatic heterocycles. The zero-order chi connectivity index (χ0) is 12.8. The average molecular weight is 236 g/mol. The standard InChI is InChI=1S/C18H20/c1-3-9-17-12-7-8-13-18(17)15(2)14-16-10-5-4-6-11-16/h4-8,10-14H,3,9H2,1-2H3/b15-14+. The predicted octanol–water partition coefficient (Wildman–Crippen LogP) is 5.20. The summed E-state index contributed by atoms with van der Waals surface area (Å²) < 4.78 is 0. The molecule has 92 valence electrons. The Labute approximate surface area is 110 Å². The van der Waals surface area contributed by atoms with Crippen molar-refractivity contribution in [3.05, 3.63) is 71.3 Å². The molecule has 0 bridgehead atoms. The second-order valence-corrected chi connectivity index (χ2v) is 4.65. The Morgan fingerprint density at radius 1 is 0.944 bits per heavy atom. The molecule has 0 amide bonds. The van der Waals surface area contributed by atoms with Crippen LogP contribution < -0.4 is 0 Å². The molecule has 0 fully saturated rings. The van der Waals surface area contributed by atoms with Crippen molar-refractivity contribution in [3.8, 4) is 0 Å². The molecule has 0 aliphatic rings. The molecule has 0 spiro atoms. The lowest BCUT2D eigenvalue weighted by atomic mass is 9.96. The first-order chi connectivity index (χ1) is 8.81. The summed E-state index contributed by atoms with van der Waals surface area (Å²) in [4.78, 5) is 0. The van der Waals surface area contributed by atoms with Crippen molar-refractivity contribution in [3.63, 3.8) is 0 Å². The van der Waals surface area contributed by atoms with Gasteiger partial charge in [0.05, 0.1) is 0 Å². The smallest absolute Gasteiger partial charge is 0.0195 e. The first kappa shape index (κ1) is 12.6. The zero-order valence-corrected chi connectivity index (χ0v) is 11.2. The number of rotatable bonds is 4. The van der Waals surface area contributed by atoms with Gasteiger partial charge in [0.2, 0.25) is 0 Å². The van der Waals surface area contributed by atoms with Crippen LogP contribution in [0.5, 0.6) is 0 Å². The lowest BCUT2D eigenvalue weighted by molar-refractivity contribution is 0.918. The SMILES string of the molecule is CCCc1ccccc1/C(C)=C/c1ccccc1. The molecule has 0 saturated heterocycles. The van der Waals surface area contributed by atoms with Gasteiger partial charge in [0, 0.05) is 0 Å². The minimum Gasteiger partial charge on any atom is -0.0651 e. The largest absolute Gasteiger partial charge is 0.0651 e. The summed E-state index contributed by atoms with van der Waals surface area (Å²) >= 11 is 0. The van der Waals surface area contributed by atoms with E-state index in [0.717, 1.165) is 6.42 Å². The quantitative estimate of drug-likeness (QED) is 0.640. The molecule has 0 nitrogen and oxygen atoms in total. The van der Waals surface area contributed by atoms with Crippen molar-refractivity contribution in [2.75, 3.05) is 0 Å². The van der Waals surface area contributed by atoms with Crippen LogP contribution in [-0.2, 0) is 6.42 Å². The van der Waals surface area contributed by atoms with Gasteiger partial charge in [0.15, 0.2) is 0 Å². The van der Waals surface area contributed by atoms with E-state index >= 15 is 0 Å². The molecule has 2 aromatic carbocycles. The van der Waals surface area contributed by atoms with Crippen LogP contribution in [0.4, 0.5) is 0 Å². The van der Waals surface area contributed by atoms with E-state index in [0.29, 0.717) is 0 Å². The highest BCUT2D eigenvalue weighted by molar-refractivity contribution is 5.81. The molecule has 18 heavy (non-hydrogen) atoms. The molecule has 0 atom stereocenters. The Morgan fingerprint density at radius 2 is 1.61 bits per heavy atom. The second kappa shape index (κ2) is 6.20. The highest BCUT2D eigenvalue weighted by Gasteiger charge is 2.02. The van der Waals surface area contributed by atoms with Crippen LogP contribution in [0.15, 0.2) is 54.6 Å². The predicted molar refractivity (Wildman–Crippen MR) is 80.4 cm³/mol. The van der Waals surface area contributed by atoms with Gasteiger partial charge in [-0.2, -0.15) is 0 Å². The molecule has 0 heteroatoms. The maximum Gasteiger partial charge on any atom is -0.0195 e. The number of benzene rings is 2. The van der Waals surface area contributed by atoms with Crippen LogP contribution in [-0.4, -0.2) is 0 Å². The van der Waals surface area contributed by atoms with E-state index in [2.05, 4.69) is 74.5 Å². The fraction of sp³-hybridized carbons (Fsp3) is 0.222. The third-order valence-electron chi connectivity index (χ3n) is 3.14. The van der Waals surface area contributed by atoms with Crippen LogP contribution in [0.25, 0.3) is 11.6 Å². The van der Waals surface area contributed by atoms with Gasteiger partial charge in [0.25, 0.3) is 0 Å². The summed E-state index contributed by atoms with van der Waals surface area (Å²) in [7, 11) is 0. The van der Waals surface area contributed by atoms with Crippen LogP contribution in [0.2, 0.25) is 0 Å². The first-order valence-electron chi connectivity index (χ1n) is 6.63. The number of hydrogen-bond acceptors (Lipinski definition) is 0. The number of allylic oxidation sites excluding steroid dienone is 1. The molecule has 0 heterocycles. The summed E-state index contributed by atoms with van der Waals surface area (Å²) in [5, 5.41) is 0. The fourth-order valence-corrected chi connectivity index (χ4v) is 2.27. The Bertz CT molecular complexity index is 521. The van der Waals surface area contributed by atoms with Crippen LogP contribution in [0, 0.1) is 0 Å². The molecule has 0 aliphatic carbocycles. The molecule has 0 unspecified atom stereocenters. The topological polar surface area (TPSA) is 0 Å². The molecule has 0 aromatic heterocycles. The highest BCUT2D eigenvalue weighted by Crippen LogP contribution is 2.22. The Morgan fingerprint density at radius 3 is 2.33 bits per heavy atom. The normalized spacial score (nSPS) is 11.6. The monoisotopic (exact) mass is 236 g/mol.